The minimum absolute atomic E-state index is 0.0154. The van der Waals surface area contributed by atoms with Crippen molar-refractivity contribution in [1.29, 1.82) is 0 Å². The zero-order valence-electron chi connectivity index (χ0n) is 14.6. The van der Waals surface area contributed by atoms with Crippen molar-refractivity contribution in [2.45, 2.75) is 31.7 Å². The van der Waals surface area contributed by atoms with Crippen LogP contribution >= 0.6 is 0 Å². The highest BCUT2D eigenvalue weighted by Gasteiger charge is 2.36. The minimum atomic E-state index is -4.61. The summed E-state index contributed by atoms with van der Waals surface area (Å²) < 4.78 is 56.9. The molecule has 2 rings (SSSR count). The van der Waals surface area contributed by atoms with Gasteiger partial charge >= 0.3 is 6.18 Å². The van der Waals surface area contributed by atoms with Gasteiger partial charge in [-0.1, -0.05) is 19.1 Å². The largest absolute Gasteiger partial charge is 0.481 e. The van der Waals surface area contributed by atoms with E-state index < -0.39 is 29.1 Å². The predicted octanol–water partition coefficient (Wildman–Crippen LogP) is 3.16. The van der Waals surface area contributed by atoms with Crippen molar-refractivity contribution in [2.24, 2.45) is 0 Å². The van der Waals surface area contributed by atoms with E-state index in [1.165, 1.54) is 26.2 Å². The number of carbonyl (C=O) groups is 1. The molecule has 2 N–H and O–H groups in total. The molecule has 5 nitrogen and oxygen atoms in total. The third-order valence-electron chi connectivity index (χ3n) is 4.07. The number of methoxy groups -OCH3 is 1. The smallest absolute Gasteiger partial charge is 0.417 e. The van der Waals surface area contributed by atoms with E-state index in [1.54, 1.807) is 0 Å². The van der Waals surface area contributed by atoms with Gasteiger partial charge in [0, 0.05) is 18.3 Å². The van der Waals surface area contributed by atoms with Gasteiger partial charge in [-0.25, -0.2) is 9.37 Å². The summed E-state index contributed by atoms with van der Waals surface area (Å²) in [5.41, 5.74) is -3.01. The number of pyridine rings is 1. The number of carbonyl (C=O) groups excluding carboxylic acids is 1. The number of nitrogens with one attached hydrogen (secondary N) is 1. The summed E-state index contributed by atoms with van der Waals surface area (Å²) >= 11 is 0. The Morgan fingerprint density at radius 3 is 2.52 bits per heavy atom. The van der Waals surface area contributed by atoms with E-state index in [2.05, 4.69) is 10.3 Å². The summed E-state index contributed by atoms with van der Waals surface area (Å²) in [6, 6.07) is 5.72. The molecule has 0 bridgehead atoms. The molecule has 1 atom stereocenters. The van der Waals surface area contributed by atoms with Crippen molar-refractivity contribution < 1.29 is 32.2 Å². The van der Waals surface area contributed by atoms with E-state index in [9.17, 15) is 27.5 Å². The van der Waals surface area contributed by atoms with E-state index in [1.807, 2.05) is 0 Å². The summed E-state index contributed by atoms with van der Waals surface area (Å²) in [5, 5.41) is 13.0. The molecule has 9 heteroatoms. The molecule has 0 aliphatic rings. The molecule has 0 aliphatic carbocycles. The number of aliphatic hydroxyl groups is 1. The van der Waals surface area contributed by atoms with E-state index in [-0.39, 0.29) is 30.0 Å². The summed E-state index contributed by atoms with van der Waals surface area (Å²) in [4.78, 5) is 16.1. The molecule has 0 aliphatic heterocycles. The van der Waals surface area contributed by atoms with Crippen LogP contribution in [0.3, 0.4) is 0 Å². The average Bonchev–Trinajstić information content (AvgIpc) is 2.64. The Morgan fingerprint density at radius 2 is 1.96 bits per heavy atom. The zero-order chi connectivity index (χ0) is 20.2. The number of aromatic nitrogens is 1. The predicted molar refractivity (Wildman–Crippen MR) is 88.2 cm³/mol. The molecule has 2 aromatic rings. The molecule has 0 spiro atoms. The van der Waals surface area contributed by atoms with E-state index >= 15 is 0 Å². The molecule has 1 aromatic carbocycles. The molecule has 27 heavy (non-hydrogen) atoms. The lowest BCUT2D eigenvalue weighted by Crippen LogP contribution is -2.43. The summed E-state index contributed by atoms with van der Waals surface area (Å²) in [7, 11) is 1.23. The molecule has 1 amide bonds. The van der Waals surface area contributed by atoms with Crippen molar-refractivity contribution >= 4 is 5.91 Å². The first kappa shape index (κ1) is 20.6. The molecule has 146 valence electrons. The highest BCUT2D eigenvalue weighted by molar-refractivity contribution is 5.86. The number of rotatable bonds is 6. The lowest BCUT2D eigenvalue weighted by molar-refractivity contribution is -0.141. The van der Waals surface area contributed by atoms with Crippen LogP contribution in [0.15, 0.2) is 36.5 Å². The van der Waals surface area contributed by atoms with Gasteiger partial charge in [-0.2, -0.15) is 13.2 Å². The van der Waals surface area contributed by atoms with Crippen LogP contribution in [-0.2, 0) is 23.1 Å². The number of benzene rings is 1. The topological polar surface area (TPSA) is 71.5 Å². The Balaban J connectivity index is 2.25. The number of ether oxygens (including phenoxy) is 1. The normalized spacial score (nSPS) is 13.7. The maximum atomic E-state index is 13.4. The highest BCUT2D eigenvalue weighted by Crippen LogP contribution is 2.31. The number of nitrogens with zero attached hydrogens (tertiary/aromatic N) is 1. The Bertz CT molecular complexity index is 826. The third kappa shape index (κ3) is 4.54. The van der Waals surface area contributed by atoms with Crippen LogP contribution in [0.1, 0.15) is 30.0 Å². The molecule has 0 saturated carbocycles. The zero-order valence-corrected chi connectivity index (χ0v) is 14.6. The standard InChI is InChI=1S/C18H18F4N2O3/c1-3-17(26,12-5-4-6-14(19)8-12)16(25)24-9-11-7-13(18(20,21)22)10-23-15(11)27-2/h4-8,10,26H,3,9H2,1-2H3,(H,24,25)/t17-/m1/s1. The number of halogens is 4. The van der Waals surface area contributed by atoms with Crippen molar-refractivity contribution in [3.05, 3.63) is 59.0 Å². The van der Waals surface area contributed by atoms with Crippen LogP contribution in [0.25, 0.3) is 0 Å². The number of alkyl halides is 3. The average molecular weight is 386 g/mol. The molecule has 0 unspecified atom stereocenters. The lowest BCUT2D eigenvalue weighted by Gasteiger charge is -2.26. The maximum Gasteiger partial charge on any atom is 0.417 e. The van der Waals surface area contributed by atoms with Crippen LogP contribution in [0.2, 0.25) is 0 Å². The monoisotopic (exact) mass is 386 g/mol. The van der Waals surface area contributed by atoms with Crippen molar-refractivity contribution in [3.8, 4) is 5.88 Å². The van der Waals surface area contributed by atoms with Gasteiger partial charge in [0.1, 0.15) is 5.82 Å². The summed E-state index contributed by atoms with van der Waals surface area (Å²) in [6.45, 7) is 1.16. The molecule has 1 aromatic heterocycles. The molecule has 0 radical (unpaired) electrons. The van der Waals surface area contributed by atoms with Gasteiger partial charge in [0.2, 0.25) is 5.88 Å². The first-order chi connectivity index (χ1) is 12.6. The van der Waals surface area contributed by atoms with Gasteiger partial charge in [0.25, 0.3) is 5.91 Å². The Hall–Kier alpha value is -2.68. The molecule has 1 heterocycles. The summed E-state index contributed by atoms with van der Waals surface area (Å²) in [6.07, 6.45) is -4.05. The first-order valence-corrected chi connectivity index (χ1v) is 7.98. The molecule has 0 fully saturated rings. The first-order valence-electron chi connectivity index (χ1n) is 7.98. The van der Waals surface area contributed by atoms with Gasteiger partial charge in [-0.3, -0.25) is 4.79 Å². The van der Waals surface area contributed by atoms with E-state index in [4.69, 9.17) is 4.74 Å². The van der Waals surface area contributed by atoms with Crippen molar-refractivity contribution in [3.63, 3.8) is 0 Å². The maximum absolute atomic E-state index is 13.4. The van der Waals surface area contributed by atoms with Crippen LogP contribution in [-0.4, -0.2) is 23.1 Å². The van der Waals surface area contributed by atoms with Crippen molar-refractivity contribution in [2.75, 3.05) is 7.11 Å². The quantitative estimate of drug-likeness (QED) is 0.749. The summed E-state index contributed by atoms with van der Waals surface area (Å²) in [5.74, 6) is -1.60. The lowest BCUT2D eigenvalue weighted by atomic mass is 9.90. The van der Waals surface area contributed by atoms with E-state index in [0.717, 1.165) is 18.2 Å². The Labute approximate surface area is 153 Å². The Morgan fingerprint density at radius 1 is 1.26 bits per heavy atom. The van der Waals surface area contributed by atoms with Gasteiger partial charge in [-0.05, 0) is 30.2 Å². The second-order valence-electron chi connectivity index (χ2n) is 5.80. The van der Waals surface area contributed by atoms with Crippen LogP contribution in [0.4, 0.5) is 17.6 Å². The minimum Gasteiger partial charge on any atom is -0.481 e. The second-order valence-corrected chi connectivity index (χ2v) is 5.80. The third-order valence-corrected chi connectivity index (χ3v) is 4.07. The fourth-order valence-electron chi connectivity index (χ4n) is 2.53. The Kier molecular flexibility index (Phi) is 6.04. The van der Waals surface area contributed by atoms with Gasteiger partial charge in [0.05, 0.1) is 12.7 Å². The number of hydrogen-bond donors (Lipinski definition) is 2. The van der Waals surface area contributed by atoms with Gasteiger partial charge < -0.3 is 15.2 Å². The van der Waals surface area contributed by atoms with Crippen LogP contribution in [0.5, 0.6) is 5.88 Å². The van der Waals surface area contributed by atoms with E-state index in [0.29, 0.717) is 6.20 Å². The molecular weight excluding hydrogens is 368 g/mol. The van der Waals surface area contributed by atoms with Crippen LogP contribution < -0.4 is 10.1 Å². The molecular formula is C18H18F4N2O3. The highest BCUT2D eigenvalue weighted by atomic mass is 19.4. The number of hydrogen-bond acceptors (Lipinski definition) is 4. The fourth-order valence-corrected chi connectivity index (χ4v) is 2.53. The van der Waals surface area contributed by atoms with Crippen molar-refractivity contribution in [1.82, 2.24) is 10.3 Å². The van der Waals surface area contributed by atoms with Crippen LogP contribution in [0, 0.1) is 5.82 Å². The van der Waals surface area contributed by atoms with Gasteiger partial charge in [-0.15, -0.1) is 0 Å². The number of amides is 1. The van der Waals surface area contributed by atoms with Gasteiger partial charge in [0.15, 0.2) is 5.60 Å². The molecule has 0 saturated heterocycles. The fraction of sp³-hybridized carbons (Fsp3) is 0.333. The SMILES string of the molecule is CC[C@](O)(C(=O)NCc1cc(C(F)(F)F)cnc1OC)c1cccc(F)c1. The second kappa shape index (κ2) is 7.91.